The third-order valence-electron chi connectivity index (χ3n) is 5.42. The van der Waals surface area contributed by atoms with Gasteiger partial charge in [-0.05, 0) is 29.8 Å². The Morgan fingerprint density at radius 3 is 2.71 bits per heavy atom. The molecule has 1 fully saturated rings. The van der Waals surface area contributed by atoms with Gasteiger partial charge in [0, 0.05) is 30.8 Å². The van der Waals surface area contributed by atoms with Gasteiger partial charge in [0.1, 0.15) is 17.2 Å². The fourth-order valence-electron chi connectivity index (χ4n) is 3.84. The van der Waals surface area contributed by atoms with Crippen molar-refractivity contribution < 1.29 is 34.0 Å². The Balaban J connectivity index is 1.77. The van der Waals surface area contributed by atoms with Crippen LogP contribution in [0.1, 0.15) is 33.8 Å². The summed E-state index contributed by atoms with van der Waals surface area (Å²) >= 11 is 0. The molecular formula is C23H23NO7. The van der Waals surface area contributed by atoms with Gasteiger partial charge in [-0.15, -0.1) is 0 Å². The van der Waals surface area contributed by atoms with Gasteiger partial charge in [0.15, 0.2) is 5.76 Å². The molecule has 0 aliphatic carbocycles. The highest BCUT2D eigenvalue weighted by molar-refractivity contribution is 6.12. The third-order valence-corrected chi connectivity index (χ3v) is 5.42. The van der Waals surface area contributed by atoms with Gasteiger partial charge in [-0.3, -0.25) is 9.59 Å². The number of hydrogen-bond acceptors (Lipinski definition) is 8. The number of nitrogens with zero attached hydrogens (tertiary/aromatic N) is 1. The number of ether oxygens (including phenoxy) is 3. The number of carbonyl (C=O) groups is 2. The van der Waals surface area contributed by atoms with Gasteiger partial charge >= 0.3 is 5.97 Å². The molecule has 2 aromatic carbocycles. The molecule has 4 rings (SSSR count). The van der Waals surface area contributed by atoms with E-state index < -0.39 is 11.9 Å². The Kier molecular flexibility index (Phi) is 5.81. The van der Waals surface area contributed by atoms with Crippen LogP contribution in [-0.4, -0.2) is 60.3 Å². The van der Waals surface area contributed by atoms with Crippen LogP contribution in [0.5, 0.6) is 17.2 Å². The molecule has 0 bridgehead atoms. The Hall–Kier alpha value is -3.52. The van der Waals surface area contributed by atoms with E-state index in [9.17, 15) is 19.8 Å². The minimum atomic E-state index is -0.690. The maximum atomic E-state index is 13.0. The summed E-state index contributed by atoms with van der Waals surface area (Å²) in [6.07, 6.45) is 1.55. The van der Waals surface area contributed by atoms with Crippen molar-refractivity contribution in [3.8, 4) is 17.2 Å². The lowest BCUT2D eigenvalue weighted by Crippen LogP contribution is -2.32. The average Bonchev–Trinajstić information content (AvgIpc) is 3.08. The van der Waals surface area contributed by atoms with Gasteiger partial charge in [-0.25, -0.2) is 0 Å². The van der Waals surface area contributed by atoms with Crippen LogP contribution >= 0.6 is 0 Å². The monoisotopic (exact) mass is 425 g/mol. The normalized spacial score (nSPS) is 17.9. The molecule has 1 atom stereocenters. The molecule has 31 heavy (non-hydrogen) atoms. The number of phenols is 2. The van der Waals surface area contributed by atoms with E-state index in [1.54, 1.807) is 18.3 Å². The van der Waals surface area contributed by atoms with E-state index >= 15 is 0 Å². The van der Waals surface area contributed by atoms with Crippen molar-refractivity contribution in [3.05, 3.63) is 65.0 Å². The first-order valence-corrected chi connectivity index (χ1v) is 9.95. The van der Waals surface area contributed by atoms with Crippen molar-refractivity contribution >= 4 is 11.8 Å². The lowest BCUT2D eigenvalue weighted by atomic mass is 9.86. The number of Topliss-reactive ketones (excluding diaryl/α,β-unsaturated/α-hetero) is 1. The van der Waals surface area contributed by atoms with Gasteiger partial charge in [0.2, 0.25) is 5.78 Å². The molecule has 0 saturated carbocycles. The molecule has 2 aliphatic rings. The molecule has 0 aromatic heterocycles. The van der Waals surface area contributed by atoms with E-state index in [-0.39, 0.29) is 35.2 Å². The number of hydrogen-bond donors (Lipinski definition) is 2. The summed E-state index contributed by atoms with van der Waals surface area (Å²) in [6, 6.07) is 9.32. The smallest absolute Gasteiger partial charge is 0.306 e. The van der Waals surface area contributed by atoms with Crippen LogP contribution in [0.4, 0.5) is 0 Å². The molecule has 2 aromatic rings. The van der Waals surface area contributed by atoms with E-state index in [1.807, 2.05) is 4.90 Å². The molecule has 2 aliphatic heterocycles. The lowest BCUT2D eigenvalue weighted by Gasteiger charge is -2.25. The second-order valence-electron chi connectivity index (χ2n) is 7.38. The van der Waals surface area contributed by atoms with Crippen LogP contribution in [0.3, 0.4) is 0 Å². The largest absolute Gasteiger partial charge is 0.508 e. The number of benzene rings is 2. The number of esters is 1. The molecule has 8 nitrogen and oxygen atoms in total. The number of rotatable bonds is 5. The highest BCUT2D eigenvalue weighted by Crippen LogP contribution is 2.46. The highest BCUT2D eigenvalue weighted by Gasteiger charge is 2.35. The molecule has 0 amide bonds. The standard InChI is InChI=1S/C23H23NO7/c1-29-20(27)12-17(14-3-2-4-15(25)11-14)21-18(26)6-5-16-22(28)19(31-23(16)21)13-24-7-9-30-10-8-24/h2-6,11,13,17,25-26H,7-10,12H2,1H3/b19-13-/t17-/m1/s1. The predicted octanol–water partition coefficient (Wildman–Crippen LogP) is 2.54. The minimum absolute atomic E-state index is 0.0179. The molecule has 1 saturated heterocycles. The Morgan fingerprint density at radius 2 is 2.00 bits per heavy atom. The Labute approximate surface area is 179 Å². The number of aromatic hydroxyl groups is 2. The summed E-state index contributed by atoms with van der Waals surface area (Å²) in [5.74, 6) is -1.22. The van der Waals surface area contributed by atoms with Crippen LogP contribution in [0, 0.1) is 0 Å². The van der Waals surface area contributed by atoms with Crippen molar-refractivity contribution in [1.29, 1.82) is 0 Å². The van der Waals surface area contributed by atoms with E-state index in [0.717, 1.165) is 0 Å². The Bertz CT molecular complexity index is 1040. The van der Waals surface area contributed by atoms with Gasteiger partial charge < -0.3 is 29.3 Å². The number of fused-ring (bicyclic) bond motifs is 1. The zero-order chi connectivity index (χ0) is 22.0. The first-order valence-electron chi connectivity index (χ1n) is 9.95. The Morgan fingerprint density at radius 1 is 1.23 bits per heavy atom. The maximum Gasteiger partial charge on any atom is 0.306 e. The number of carbonyl (C=O) groups excluding carboxylic acids is 2. The summed E-state index contributed by atoms with van der Waals surface area (Å²) in [4.78, 5) is 27.1. The molecule has 8 heteroatoms. The quantitative estimate of drug-likeness (QED) is 0.556. The van der Waals surface area contributed by atoms with E-state index in [1.165, 1.54) is 31.4 Å². The zero-order valence-electron chi connectivity index (χ0n) is 17.0. The van der Waals surface area contributed by atoms with Gasteiger partial charge in [-0.2, -0.15) is 0 Å². The van der Waals surface area contributed by atoms with Crippen LogP contribution < -0.4 is 4.74 Å². The SMILES string of the molecule is COC(=O)C[C@H](c1cccc(O)c1)c1c(O)ccc2c1O/C(=C\N1CCOCC1)C2=O. The molecular weight excluding hydrogens is 402 g/mol. The van der Waals surface area contributed by atoms with Gasteiger partial charge in [-0.1, -0.05) is 12.1 Å². The highest BCUT2D eigenvalue weighted by atomic mass is 16.5. The third kappa shape index (κ3) is 4.20. The molecule has 162 valence electrons. The van der Waals surface area contributed by atoms with Crippen LogP contribution in [0.15, 0.2) is 48.4 Å². The van der Waals surface area contributed by atoms with Crippen LogP contribution in [0.25, 0.3) is 0 Å². The maximum absolute atomic E-state index is 13.0. The molecule has 0 radical (unpaired) electrons. The average molecular weight is 425 g/mol. The van der Waals surface area contributed by atoms with Crippen LogP contribution in [-0.2, 0) is 14.3 Å². The van der Waals surface area contributed by atoms with Crippen molar-refractivity contribution in [3.63, 3.8) is 0 Å². The summed E-state index contributed by atoms with van der Waals surface area (Å²) in [5.41, 5.74) is 1.19. The zero-order valence-corrected chi connectivity index (χ0v) is 17.0. The first-order chi connectivity index (χ1) is 15.0. The topological polar surface area (TPSA) is 106 Å². The van der Waals surface area contributed by atoms with Crippen molar-refractivity contribution in [2.24, 2.45) is 0 Å². The van der Waals surface area contributed by atoms with Crippen molar-refractivity contribution in [2.45, 2.75) is 12.3 Å². The summed E-state index contributed by atoms with van der Waals surface area (Å²) < 4.78 is 16.1. The summed E-state index contributed by atoms with van der Waals surface area (Å²) in [7, 11) is 1.28. The summed E-state index contributed by atoms with van der Waals surface area (Å²) in [5, 5.41) is 20.6. The number of phenolic OH excluding ortho intramolecular Hbond substituents is 2. The number of morpholine rings is 1. The van der Waals surface area contributed by atoms with E-state index in [0.29, 0.717) is 43.0 Å². The fraction of sp³-hybridized carbons (Fsp3) is 0.304. The molecule has 0 spiro atoms. The predicted molar refractivity (Wildman–Crippen MR) is 110 cm³/mol. The lowest BCUT2D eigenvalue weighted by molar-refractivity contribution is -0.140. The van der Waals surface area contributed by atoms with E-state index in [4.69, 9.17) is 14.2 Å². The number of ketones is 1. The van der Waals surface area contributed by atoms with Gasteiger partial charge in [0.05, 0.1) is 32.3 Å². The number of methoxy groups -OCH3 is 1. The van der Waals surface area contributed by atoms with Gasteiger partial charge in [0.25, 0.3) is 0 Å². The fourth-order valence-corrected chi connectivity index (χ4v) is 3.84. The number of allylic oxidation sites excluding steroid dienone is 1. The molecule has 2 heterocycles. The second-order valence-corrected chi connectivity index (χ2v) is 7.38. The second kappa shape index (κ2) is 8.69. The minimum Gasteiger partial charge on any atom is -0.508 e. The first kappa shape index (κ1) is 20.7. The van der Waals surface area contributed by atoms with Crippen molar-refractivity contribution in [1.82, 2.24) is 4.90 Å². The molecule has 2 N–H and O–H groups in total. The summed E-state index contributed by atoms with van der Waals surface area (Å²) in [6.45, 7) is 2.41. The molecule has 0 unspecified atom stereocenters. The van der Waals surface area contributed by atoms with Crippen LogP contribution in [0.2, 0.25) is 0 Å². The van der Waals surface area contributed by atoms with Crippen molar-refractivity contribution in [2.75, 3.05) is 33.4 Å². The van der Waals surface area contributed by atoms with E-state index in [2.05, 4.69) is 0 Å².